The Hall–Kier alpha value is -1.55. The normalized spacial score (nSPS) is 19.6. The number of hydrogen-bond acceptors (Lipinski definition) is 3. The quantitative estimate of drug-likeness (QED) is 0.754. The van der Waals surface area contributed by atoms with Crippen molar-refractivity contribution in [1.82, 2.24) is 10.6 Å². The van der Waals surface area contributed by atoms with E-state index in [9.17, 15) is 9.90 Å². The van der Waals surface area contributed by atoms with E-state index in [1.807, 2.05) is 13.0 Å². The Morgan fingerprint density at radius 2 is 2.19 bits per heavy atom. The van der Waals surface area contributed by atoms with Gasteiger partial charge < -0.3 is 10.4 Å². The van der Waals surface area contributed by atoms with Gasteiger partial charge in [0.15, 0.2) is 0 Å². The fourth-order valence-corrected chi connectivity index (χ4v) is 2.67. The minimum Gasteiger partial charge on any atom is -0.508 e. The summed E-state index contributed by atoms with van der Waals surface area (Å²) in [7, 11) is 0. The second kappa shape index (κ2) is 6.94. The van der Waals surface area contributed by atoms with E-state index in [-0.39, 0.29) is 12.1 Å². The number of aromatic hydroxyl groups is 1. The van der Waals surface area contributed by atoms with Gasteiger partial charge in [-0.3, -0.25) is 10.1 Å². The lowest BCUT2D eigenvalue weighted by atomic mass is 9.93. The molecule has 1 aromatic rings. The van der Waals surface area contributed by atoms with E-state index in [2.05, 4.69) is 30.5 Å². The Morgan fingerprint density at radius 3 is 2.81 bits per heavy atom. The van der Waals surface area contributed by atoms with Gasteiger partial charge in [0.05, 0.1) is 6.17 Å². The third-order valence-electron chi connectivity index (χ3n) is 4.32. The van der Waals surface area contributed by atoms with Gasteiger partial charge in [0.25, 0.3) is 0 Å². The zero-order valence-corrected chi connectivity index (χ0v) is 13.2. The molecule has 0 bridgehead atoms. The standard InChI is InChI=1S/C17H26N2O2/c1-4-11(2)7-13-9-15(20)12(3)8-14(13)10-18-16-5-6-17(21)19-16/h8-9,11,16,18,20H,4-7,10H2,1-3H3,(H,19,21). The highest BCUT2D eigenvalue weighted by atomic mass is 16.3. The van der Waals surface area contributed by atoms with Crippen LogP contribution in [0.4, 0.5) is 0 Å². The second-order valence-electron chi connectivity index (χ2n) is 6.16. The molecule has 0 aromatic heterocycles. The highest BCUT2D eigenvalue weighted by Gasteiger charge is 2.20. The zero-order valence-electron chi connectivity index (χ0n) is 13.2. The number of hydrogen-bond donors (Lipinski definition) is 3. The average Bonchev–Trinajstić information content (AvgIpc) is 2.86. The third-order valence-corrected chi connectivity index (χ3v) is 4.32. The maximum Gasteiger partial charge on any atom is 0.221 e. The molecule has 2 rings (SSSR count). The molecule has 2 atom stereocenters. The minimum atomic E-state index is 0.0723. The van der Waals surface area contributed by atoms with Crippen molar-refractivity contribution in [3.8, 4) is 5.75 Å². The van der Waals surface area contributed by atoms with Crippen molar-refractivity contribution in [3.63, 3.8) is 0 Å². The van der Waals surface area contributed by atoms with Crippen LogP contribution in [0.2, 0.25) is 0 Å². The van der Waals surface area contributed by atoms with Gasteiger partial charge in [0.2, 0.25) is 5.91 Å². The summed E-state index contributed by atoms with van der Waals surface area (Å²) >= 11 is 0. The zero-order chi connectivity index (χ0) is 15.4. The molecule has 1 fully saturated rings. The Kier molecular flexibility index (Phi) is 5.23. The molecule has 1 aromatic carbocycles. The third kappa shape index (κ3) is 4.21. The predicted octanol–water partition coefficient (Wildman–Crippen LogP) is 2.61. The number of rotatable bonds is 6. The molecule has 4 nitrogen and oxygen atoms in total. The fourth-order valence-electron chi connectivity index (χ4n) is 2.67. The number of aryl methyl sites for hydroxylation is 1. The van der Waals surface area contributed by atoms with E-state index >= 15 is 0 Å². The molecule has 0 spiro atoms. The number of benzene rings is 1. The van der Waals surface area contributed by atoms with Crippen molar-refractivity contribution in [2.75, 3.05) is 0 Å². The van der Waals surface area contributed by atoms with Crippen molar-refractivity contribution >= 4 is 5.91 Å². The molecule has 1 aliphatic rings. The van der Waals surface area contributed by atoms with Gasteiger partial charge in [0.1, 0.15) is 5.75 Å². The summed E-state index contributed by atoms with van der Waals surface area (Å²) in [6.45, 7) is 7.05. The Labute approximate surface area is 126 Å². The molecule has 1 saturated heterocycles. The van der Waals surface area contributed by atoms with Gasteiger partial charge >= 0.3 is 0 Å². The van der Waals surface area contributed by atoms with Crippen molar-refractivity contribution < 1.29 is 9.90 Å². The van der Waals surface area contributed by atoms with Crippen LogP contribution in [-0.2, 0) is 17.8 Å². The van der Waals surface area contributed by atoms with Crippen molar-refractivity contribution in [1.29, 1.82) is 0 Å². The van der Waals surface area contributed by atoms with Crippen LogP contribution >= 0.6 is 0 Å². The number of phenolic OH excluding ortho intramolecular Hbond substituents is 1. The topological polar surface area (TPSA) is 61.4 Å². The summed E-state index contributed by atoms with van der Waals surface area (Å²) in [5.41, 5.74) is 3.31. The Morgan fingerprint density at radius 1 is 1.43 bits per heavy atom. The summed E-state index contributed by atoms with van der Waals surface area (Å²) in [4.78, 5) is 11.2. The van der Waals surface area contributed by atoms with Gasteiger partial charge in [-0.2, -0.15) is 0 Å². The van der Waals surface area contributed by atoms with E-state index in [1.54, 1.807) is 0 Å². The molecule has 3 N–H and O–H groups in total. The number of phenols is 1. The van der Waals surface area contributed by atoms with Crippen LogP contribution < -0.4 is 10.6 Å². The molecular weight excluding hydrogens is 264 g/mol. The van der Waals surface area contributed by atoms with Crippen LogP contribution in [0.15, 0.2) is 12.1 Å². The van der Waals surface area contributed by atoms with Crippen LogP contribution in [0.1, 0.15) is 49.8 Å². The minimum absolute atomic E-state index is 0.0723. The molecule has 116 valence electrons. The first kappa shape index (κ1) is 15.8. The number of carbonyl (C=O) groups excluding carboxylic acids is 1. The van der Waals surface area contributed by atoms with Crippen LogP contribution in [0.5, 0.6) is 5.75 Å². The maximum absolute atomic E-state index is 11.2. The highest BCUT2D eigenvalue weighted by Crippen LogP contribution is 2.25. The van der Waals surface area contributed by atoms with Crippen LogP contribution in [-0.4, -0.2) is 17.2 Å². The van der Waals surface area contributed by atoms with E-state index in [0.29, 0.717) is 18.1 Å². The molecule has 0 saturated carbocycles. The molecule has 0 radical (unpaired) electrons. The molecule has 1 amide bonds. The summed E-state index contributed by atoms with van der Waals surface area (Å²) in [5.74, 6) is 1.08. The average molecular weight is 290 g/mol. The number of amides is 1. The maximum atomic E-state index is 11.2. The first-order valence-electron chi connectivity index (χ1n) is 7.83. The van der Waals surface area contributed by atoms with E-state index in [0.717, 1.165) is 31.4 Å². The lowest BCUT2D eigenvalue weighted by molar-refractivity contribution is -0.119. The highest BCUT2D eigenvalue weighted by molar-refractivity contribution is 5.78. The lowest BCUT2D eigenvalue weighted by Gasteiger charge is -2.18. The van der Waals surface area contributed by atoms with Crippen LogP contribution in [0, 0.1) is 12.8 Å². The smallest absolute Gasteiger partial charge is 0.221 e. The fraction of sp³-hybridized carbons (Fsp3) is 0.588. The summed E-state index contributed by atoms with van der Waals surface area (Å²) in [6.07, 6.45) is 3.62. The van der Waals surface area contributed by atoms with Crippen molar-refractivity contribution in [3.05, 3.63) is 28.8 Å². The molecule has 1 aliphatic heterocycles. The summed E-state index contributed by atoms with van der Waals surface area (Å²) < 4.78 is 0. The SMILES string of the molecule is CCC(C)Cc1cc(O)c(C)cc1CNC1CCC(=O)N1. The second-order valence-corrected chi connectivity index (χ2v) is 6.16. The lowest BCUT2D eigenvalue weighted by Crippen LogP contribution is -2.38. The first-order chi connectivity index (χ1) is 9.99. The molecule has 2 unspecified atom stereocenters. The van der Waals surface area contributed by atoms with Gasteiger partial charge in [-0.15, -0.1) is 0 Å². The summed E-state index contributed by atoms with van der Waals surface area (Å²) in [6, 6.07) is 3.95. The molecule has 0 aliphatic carbocycles. The van der Waals surface area contributed by atoms with Gasteiger partial charge in [-0.05, 0) is 48.4 Å². The summed E-state index contributed by atoms with van der Waals surface area (Å²) in [5, 5.41) is 16.3. The van der Waals surface area contributed by atoms with Gasteiger partial charge in [-0.25, -0.2) is 0 Å². The van der Waals surface area contributed by atoms with Crippen molar-refractivity contribution in [2.24, 2.45) is 5.92 Å². The number of nitrogens with one attached hydrogen (secondary N) is 2. The van der Waals surface area contributed by atoms with Gasteiger partial charge in [-0.1, -0.05) is 26.3 Å². The number of carbonyl (C=O) groups is 1. The Balaban J connectivity index is 2.08. The largest absolute Gasteiger partial charge is 0.508 e. The van der Waals surface area contributed by atoms with E-state index in [4.69, 9.17) is 0 Å². The molecule has 21 heavy (non-hydrogen) atoms. The first-order valence-corrected chi connectivity index (χ1v) is 7.83. The van der Waals surface area contributed by atoms with E-state index < -0.39 is 0 Å². The predicted molar refractivity (Wildman–Crippen MR) is 84.0 cm³/mol. The van der Waals surface area contributed by atoms with Crippen LogP contribution in [0.25, 0.3) is 0 Å². The molecule has 1 heterocycles. The monoisotopic (exact) mass is 290 g/mol. The van der Waals surface area contributed by atoms with E-state index in [1.165, 1.54) is 11.1 Å². The molecule has 4 heteroatoms. The van der Waals surface area contributed by atoms with Crippen molar-refractivity contribution in [2.45, 2.75) is 59.2 Å². The Bertz CT molecular complexity index is 514. The molecular formula is C17H26N2O2. The van der Waals surface area contributed by atoms with Gasteiger partial charge in [0, 0.05) is 13.0 Å². The van der Waals surface area contributed by atoms with Crippen LogP contribution in [0.3, 0.4) is 0 Å².